The topological polar surface area (TPSA) is 38.5 Å². The molecule has 2 atom stereocenters. The van der Waals surface area contributed by atoms with Crippen molar-refractivity contribution in [1.29, 1.82) is 0 Å². The van der Waals surface area contributed by atoms with Crippen LogP contribution in [0.5, 0.6) is 5.75 Å². The summed E-state index contributed by atoms with van der Waals surface area (Å²) in [6, 6.07) is 13.2. The molecule has 0 bridgehead atoms. The molecule has 0 saturated carbocycles. The van der Waals surface area contributed by atoms with Crippen LogP contribution in [0.15, 0.2) is 41.8 Å². The van der Waals surface area contributed by atoms with Gasteiger partial charge in [-0.15, -0.1) is 11.3 Å². The molecule has 1 heterocycles. The van der Waals surface area contributed by atoms with Crippen LogP contribution in [0, 0.1) is 0 Å². The first-order valence-electron chi connectivity index (χ1n) is 7.24. The van der Waals surface area contributed by atoms with Crippen molar-refractivity contribution >= 4 is 11.3 Å². The van der Waals surface area contributed by atoms with E-state index in [0.717, 1.165) is 12.2 Å². The van der Waals surface area contributed by atoms with Gasteiger partial charge in [-0.3, -0.25) is 4.90 Å². The number of ether oxygens (including phenoxy) is 1. The average molecular weight is 304 g/mol. The Morgan fingerprint density at radius 1 is 1.24 bits per heavy atom. The highest BCUT2D eigenvalue weighted by Gasteiger charge is 2.20. The van der Waals surface area contributed by atoms with Crippen molar-refractivity contribution in [1.82, 2.24) is 4.90 Å². The van der Waals surface area contributed by atoms with Crippen LogP contribution in [0.1, 0.15) is 23.4 Å². The van der Waals surface area contributed by atoms with E-state index >= 15 is 0 Å². The number of nitrogens with zero attached hydrogens (tertiary/aromatic N) is 1. The van der Waals surface area contributed by atoms with E-state index in [1.54, 1.807) is 7.11 Å². The third-order valence-corrected chi connectivity index (χ3v) is 4.89. The molecular weight excluding hydrogens is 280 g/mol. The summed E-state index contributed by atoms with van der Waals surface area (Å²) >= 11 is 1.81. The third kappa shape index (κ3) is 4.06. The molecule has 1 aromatic carbocycles. The van der Waals surface area contributed by atoms with E-state index in [1.807, 2.05) is 23.5 Å². The molecule has 3 nitrogen and oxygen atoms in total. The van der Waals surface area contributed by atoms with Gasteiger partial charge in [0.25, 0.3) is 0 Å². The van der Waals surface area contributed by atoms with Crippen LogP contribution in [-0.2, 0) is 6.42 Å². The monoisotopic (exact) mass is 304 g/mol. The summed E-state index contributed by atoms with van der Waals surface area (Å²) in [5.74, 6) is 0.879. The molecular formula is C17H24N2OS. The van der Waals surface area contributed by atoms with Crippen LogP contribution < -0.4 is 10.5 Å². The Balaban J connectivity index is 2.07. The largest absolute Gasteiger partial charge is 0.497 e. The lowest BCUT2D eigenvalue weighted by atomic mass is 10.0. The minimum absolute atomic E-state index is 0.228. The van der Waals surface area contributed by atoms with Gasteiger partial charge in [0.2, 0.25) is 0 Å². The first kappa shape index (κ1) is 16.0. The summed E-state index contributed by atoms with van der Waals surface area (Å²) < 4.78 is 5.22. The highest BCUT2D eigenvalue weighted by atomic mass is 32.1. The second-order valence-corrected chi connectivity index (χ2v) is 6.35. The molecule has 1 aromatic heterocycles. The van der Waals surface area contributed by atoms with Gasteiger partial charge < -0.3 is 10.5 Å². The first-order valence-corrected chi connectivity index (χ1v) is 8.12. The number of hydrogen-bond donors (Lipinski definition) is 1. The second kappa shape index (κ2) is 7.59. The predicted octanol–water partition coefficient (Wildman–Crippen LogP) is 3.32. The van der Waals surface area contributed by atoms with Gasteiger partial charge in [0.15, 0.2) is 0 Å². The Morgan fingerprint density at radius 3 is 2.48 bits per heavy atom. The zero-order chi connectivity index (χ0) is 15.2. The zero-order valence-corrected chi connectivity index (χ0v) is 13.8. The average Bonchev–Trinajstić information content (AvgIpc) is 3.01. The minimum atomic E-state index is 0.228. The van der Waals surface area contributed by atoms with Gasteiger partial charge in [-0.2, -0.15) is 0 Å². The van der Waals surface area contributed by atoms with Crippen molar-refractivity contribution < 1.29 is 4.74 Å². The van der Waals surface area contributed by atoms with E-state index in [0.29, 0.717) is 12.6 Å². The molecule has 0 spiro atoms. The molecule has 0 saturated heterocycles. The van der Waals surface area contributed by atoms with E-state index in [-0.39, 0.29) is 6.04 Å². The van der Waals surface area contributed by atoms with Crippen LogP contribution in [0.3, 0.4) is 0 Å². The van der Waals surface area contributed by atoms with Crippen molar-refractivity contribution in [2.24, 2.45) is 5.73 Å². The van der Waals surface area contributed by atoms with Gasteiger partial charge >= 0.3 is 0 Å². The second-order valence-electron chi connectivity index (χ2n) is 5.32. The summed E-state index contributed by atoms with van der Waals surface area (Å²) in [5.41, 5.74) is 7.25. The lowest BCUT2D eigenvalue weighted by Crippen LogP contribution is -2.38. The molecule has 2 rings (SSSR count). The maximum absolute atomic E-state index is 6.02. The molecule has 2 unspecified atom stereocenters. The lowest BCUT2D eigenvalue weighted by Gasteiger charge is -2.32. The summed E-state index contributed by atoms with van der Waals surface area (Å²) in [5, 5.41) is 2.13. The SMILES string of the molecule is COc1ccc(C(CN)N(C)C(C)Cc2cccs2)cc1. The molecule has 0 amide bonds. The smallest absolute Gasteiger partial charge is 0.118 e. The van der Waals surface area contributed by atoms with Gasteiger partial charge in [0, 0.05) is 23.5 Å². The Morgan fingerprint density at radius 2 is 1.95 bits per heavy atom. The minimum Gasteiger partial charge on any atom is -0.497 e. The summed E-state index contributed by atoms with van der Waals surface area (Å²) in [6.45, 7) is 2.86. The van der Waals surface area contributed by atoms with Gasteiger partial charge in [-0.05, 0) is 49.5 Å². The normalized spacial score (nSPS) is 14.1. The highest BCUT2D eigenvalue weighted by Crippen LogP contribution is 2.24. The van der Waals surface area contributed by atoms with E-state index in [9.17, 15) is 0 Å². The van der Waals surface area contributed by atoms with E-state index < -0.39 is 0 Å². The lowest BCUT2D eigenvalue weighted by molar-refractivity contribution is 0.188. The van der Waals surface area contributed by atoms with Crippen LogP contribution in [0.4, 0.5) is 0 Å². The molecule has 2 N–H and O–H groups in total. The first-order chi connectivity index (χ1) is 10.2. The summed E-state index contributed by atoms with van der Waals surface area (Å²) in [4.78, 5) is 3.78. The van der Waals surface area contributed by atoms with Gasteiger partial charge in [-0.25, -0.2) is 0 Å². The van der Waals surface area contributed by atoms with Crippen LogP contribution in [-0.4, -0.2) is 31.6 Å². The Labute approximate surface area is 131 Å². The zero-order valence-electron chi connectivity index (χ0n) is 13.0. The fourth-order valence-corrected chi connectivity index (χ4v) is 3.36. The molecule has 0 aliphatic rings. The number of benzene rings is 1. The standard InChI is InChI=1S/C17H24N2OS/c1-13(11-16-5-4-10-21-16)19(2)17(12-18)14-6-8-15(20-3)9-7-14/h4-10,13,17H,11-12,18H2,1-3H3. The van der Waals surface area contributed by atoms with Crippen molar-refractivity contribution in [3.8, 4) is 5.75 Å². The van der Waals surface area contributed by atoms with E-state index in [2.05, 4.69) is 48.5 Å². The maximum Gasteiger partial charge on any atom is 0.118 e. The van der Waals surface area contributed by atoms with E-state index in [1.165, 1.54) is 10.4 Å². The van der Waals surface area contributed by atoms with Gasteiger partial charge in [-0.1, -0.05) is 18.2 Å². The predicted molar refractivity (Wildman–Crippen MR) is 90.0 cm³/mol. The van der Waals surface area contributed by atoms with Gasteiger partial charge in [0.05, 0.1) is 7.11 Å². The Kier molecular flexibility index (Phi) is 5.79. The molecule has 0 fully saturated rings. The molecule has 0 aliphatic carbocycles. The third-order valence-electron chi connectivity index (χ3n) is 3.99. The maximum atomic E-state index is 6.02. The number of thiophene rings is 1. The quantitative estimate of drug-likeness (QED) is 0.853. The van der Waals surface area contributed by atoms with Crippen LogP contribution in [0.2, 0.25) is 0 Å². The van der Waals surface area contributed by atoms with Crippen molar-refractivity contribution in [2.45, 2.75) is 25.4 Å². The fraction of sp³-hybridized carbons (Fsp3) is 0.412. The molecule has 2 aromatic rings. The Hall–Kier alpha value is -1.36. The fourth-order valence-electron chi connectivity index (χ4n) is 2.53. The summed E-state index contributed by atoms with van der Waals surface area (Å²) in [6.07, 6.45) is 1.06. The van der Waals surface area contributed by atoms with Crippen molar-refractivity contribution in [3.63, 3.8) is 0 Å². The van der Waals surface area contributed by atoms with Crippen molar-refractivity contribution in [3.05, 3.63) is 52.2 Å². The highest BCUT2D eigenvalue weighted by molar-refractivity contribution is 7.09. The molecule has 114 valence electrons. The van der Waals surface area contributed by atoms with Crippen molar-refractivity contribution in [2.75, 3.05) is 20.7 Å². The number of rotatable bonds is 7. The van der Waals surface area contributed by atoms with E-state index in [4.69, 9.17) is 10.5 Å². The molecule has 4 heteroatoms. The summed E-state index contributed by atoms with van der Waals surface area (Å²) in [7, 11) is 3.84. The molecule has 0 aliphatic heterocycles. The number of nitrogens with two attached hydrogens (primary N) is 1. The number of likely N-dealkylation sites (N-methyl/N-ethyl adjacent to an activating group) is 1. The molecule has 21 heavy (non-hydrogen) atoms. The Bertz CT molecular complexity index is 524. The number of methoxy groups -OCH3 is 1. The van der Waals surface area contributed by atoms with Gasteiger partial charge in [0.1, 0.15) is 5.75 Å². The molecule has 0 radical (unpaired) electrons. The number of hydrogen-bond acceptors (Lipinski definition) is 4. The van der Waals surface area contributed by atoms with Crippen LogP contribution in [0.25, 0.3) is 0 Å². The van der Waals surface area contributed by atoms with Crippen LogP contribution >= 0.6 is 11.3 Å².